The van der Waals surface area contributed by atoms with Crippen molar-refractivity contribution in [2.45, 2.75) is 12.8 Å². The van der Waals surface area contributed by atoms with Crippen LogP contribution in [0.3, 0.4) is 0 Å². The van der Waals surface area contributed by atoms with Crippen LogP contribution in [0.5, 0.6) is 5.75 Å². The van der Waals surface area contributed by atoms with Crippen LogP contribution in [0.2, 0.25) is 5.02 Å². The van der Waals surface area contributed by atoms with Gasteiger partial charge in [0.1, 0.15) is 5.75 Å². The number of nitrogens with two attached hydrogens (primary N) is 1. The average Bonchev–Trinajstić information content (AvgIpc) is 2.82. The first-order chi connectivity index (χ1) is 8.60. The molecular weight excluding hydrogens is 252 g/mol. The number of aromatic hydroxyl groups is 1. The van der Waals surface area contributed by atoms with Crippen molar-refractivity contribution in [1.82, 2.24) is 4.90 Å². The number of likely N-dealkylation sites (tertiary alicyclic amines) is 1. The predicted molar refractivity (Wildman–Crippen MR) is 70.6 cm³/mol. The van der Waals surface area contributed by atoms with Crippen LogP contribution >= 0.6 is 11.6 Å². The van der Waals surface area contributed by atoms with Crippen molar-refractivity contribution in [3.63, 3.8) is 0 Å². The molecule has 98 valence electrons. The van der Waals surface area contributed by atoms with Gasteiger partial charge in [-0.2, -0.15) is 0 Å². The van der Waals surface area contributed by atoms with Gasteiger partial charge in [0.15, 0.2) is 0 Å². The predicted octanol–water partition coefficient (Wildman–Crippen LogP) is 1.40. The maximum atomic E-state index is 12.1. The Hall–Kier alpha value is -1.26. The van der Waals surface area contributed by atoms with E-state index < -0.39 is 0 Å². The van der Waals surface area contributed by atoms with E-state index in [1.54, 1.807) is 12.1 Å². The third-order valence-electron chi connectivity index (χ3n) is 3.34. The third kappa shape index (κ3) is 2.94. The van der Waals surface area contributed by atoms with E-state index in [4.69, 9.17) is 17.3 Å². The van der Waals surface area contributed by atoms with Crippen molar-refractivity contribution in [3.8, 4) is 5.75 Å². The lowest BCUT2D eigenvalue weighted by molar-refractivity contribution is -0.129. The van der Waals surface area contributed by atoms with E-state index in [2.05, 4.69) is 0 Å². The first kappa shape index (κ1) is 13.2. The molecule has 1 fully saturated rings. The lowest BCUT2D eigenvalue weighted by atomic mass is 10.1. The zero-order valence-corrected chi connectivity index (χ0v) is 10.9. The Morgan fingerprint density at radius 3 is 2.94 bits per heavy atom. The highest BCUT2D eigenvalue weighted by atomic mass is 35.5. The van der Waals surface area contributed by atoms with Gasteiger partial charge in [0.25, 0.3) is 0 Å². The minimum atomic E-state index is 0.0391. The van der Waals surface area contributed by atoms with Gasteiger partial charge < -0.3 is 15.7 Å². The maximum absolute atomic E-state index is 12.1. The number of nitrogens with zero attached hydrogens (tertiary/aromatic N) is 1. The summed E-state index contributed by atoms with van der Waals surface area (Å²) < 4.78 is 0. The van der Waals surface area contributed by atoms with Crippen molar-refractivity contribution < 1.29 is 9.90 Å². The molecular formula is C13H17ClN2O2. The molecule has 1 amide bonds. The lowest BCUT2D eigenvalue weighted by Crippen LogP contribution is -2.31. The second-order valence-electron chi connectivity index (χ2n) is 4.69. The topological polar surface area (TPSA) is 66.6 Å². The summed E-state index contributed by atoms with van der Waals surface area (Å²) in [6.07, 6.45) is 1.30. The summed E-state index contributed by atoms with van der Waals surface area (Å²) in [7, 11) is 0. The molecule has 0 saturated carbocycles. The van der Waals surface area contributed by atoms with E-state index >= 15 is 0 Å². The summed E-state index contributed by atoms with van der Waals surface area (Å²) in [5.74, 6) is 0.558. The summed E-state index contributed by atoms with van der Waals surface area (Å²) >= 11 is 5.81. The van der Waals surface area contributed by atoms with Gasteiger partial charge in [0, 0.05) is 13.1 Å². The molecule has 0 aliphatic carbocycles. The number of hydrogen-bond donors (Lipinski definition) is 2. The van der Waals surface area contributed by atoms with Gasteiger partial charge in [0.2, 0.25) is 5.91 Å². The van der Waals surface area contributed by atoms with Crippen molar-refractivity contribution in [2.75, 3.05) is 19.6 Å². The monoisotopic (exact) mass is 268 g/mol. The summed E-state index contributed by atoms with van der Waals surface area (Å²) in [6.45, 7) is 2.17. The van der Waals surface area contributed by atoms with Gasteiger partial charge in [-0.15, -0.1) is 0 Å². The van der Waals surface area contributed by atoms with Crippen molar-refractivity contribution in [3.05, 3.63) is 28.8 Å². The van der Waals surface area contributed by atoms with E-state index in [-0.39, 0.29) is 16.7 Å². The van der Waals surface area contributed by atoms with Crippen LogP contribution in [0.15, 0.2) is 18.2 Å². The molecule has 1 aromatic rings. The van der Waals surface area contributed by atoms with Crippen molar-refractivity contribution in [2.24, 2.45) is 11.7 Å². The van der Waals surface area contributed by atoms with Crippen LogP contribution in [-0.4, -0.2) is 35.5 Å². The van der Waals surface area contributed by atoms with Crippen LogP contribution in [-0.2, 0) is 11.2 Å². The Balaban J connectivity index is 1.97. The van der Waals surface area contributed by atoms with Gasteiger partial charge in [-0.05, 0) is 36.6 Å². The molecule has 18 heavy (non-hydrogen) atoms. The Morgan fingerprint density at radius 2 is 2.33 bits per heavy atom. The van der Waals surface area contributed by atoms with Crippen LogP contribution in [0.1, 0.15) is 12.0 Å². The Labute approximate surface area is 111 Å². The van der Waals surface area contributed by atoms with Crippen molar-refractivity contribution >= 4 is 17.5 Å². The van der Waals surface area contributed by atoms with E-state index in [1.165, 1.54) is 6.07 Å². The van der Waals surface area contributed by atoms with Gasteiger partial charge in [0.05, 0.1) is 11.4 Å². The molecule has 2 rings (SSSR count). The Morgan fingerprint density at radius 1 is 1.56 bits per heavy atom. The molecule has 1 saturated heterocycles. The number of halogens is 1. The molecule has 3 N–H and O–H groups in total. The largest absolute Gasteiger partial charge is 0.506 e. The van der Waals surface area contributed by atoms with E-state index in [9.17, 15) is 9.90 Å². The number of carbonyl (C=O) groups excluding carboxylic acids is 1. The molecule has 1 aliphatic rings. The number of hydrogen-bond acceptors (Lipinski definition) is 3. The number of rotatable bonds is 3. The molecule has 0 unspecified atom stereocenters. The Bertz CT molecular complexity index is 451. The summed E-state index contributed by atoms with van der Waals surface area (Å²) in [5.41, 5.74) is 6.42. The standard InChI is InChI=1S/C13H17ClN2O2/c14-11-5-9(1-2-12(11)17)6-13(18)16-4-3-10(7-15)8-16/h1-2,5,10,17H,3-4,6-8,15H2/t10-/m0/s1. The zero-order chi connectivity index (χ0) is 13.1. The summed E-state index contributed by atoms with van der Waals surface area (Å²) in [5, 5.41) is 9.59. The highest BCUT2D eigenvalue weighted by Crippen LogP contribution is 2.24. The van der Waals surface area contributed by atoms with Crippen LogP contribution in [0, 0.1) is 5.92 Å². The zero-order valence-electron chi connectivity index (χ0n) is 10.1. The number of phenols is 1. The quantitative estimate of drug-likeness (QED) is 0.871. The molecule has 0 aromatic heterocycles. The molecule has 0 radical (unpaired) electrons. The fourth-order valence-electron chi connectivity index (χ4n) is 2.20. The number of phenolic OH excluding ortho intramolecular Hbond substituents is 1. The number of benzene rings is 1. The van der Waals surface area contributed by atoms with E-state index in [1.807, 2.05) is 4.90 Å². The fraction of sp³-hybridized carbons (Fsp3) is 0.462. The van der Waals surface area contributed by atoms with E-state index in [0.717, 1.165) is 25.1 Å². The highest BCUT2D eigenvalue weighted by molar-refractivity contribution is 6.32. The SMILES string of the molecule is NC[C@@H]1CCN(C(=O)Cc2ccc(O)c(Cl)c2)C1. The van der Waals surface area contributed by atoms with Crippen LogP contribution in [0.25, 0.3) is 0 Å². The summed E-state index contributed by atoms with van der Waals surface area (Å²) in [4.78, 5) is 13.9. The minimum Gasteiger partial charge on any atom is -0.506 e. The molecule has 1 atom stereocenters. The molecule has 0 bridgehead atoms. The highest BCUT2D eigenvalue weighted by Gasteiger charge is 2.25. The molecule has 5 heteroatoms. The Kier molecular flexibility index (Phi) is 4.09. The molecule has 0 spiro atoms. The van der Waals surface area contributed by atoms with Crippen LogP contribution in [0.4, 0.5) is 0 Å². The molecule has 4 nitrogen and oxygen atoms in total. The molecule has 1 aromatic carbocycles. The van der Waals surface area contributed by atoms with Gasteiger partial charge in [-0.3, -0.25) is 4.79 Å². The van der Waals surface area contributed by atoms with Gasteiger partial charge in [-0.1, -0.05) is 17.7 Å². The first-order valence-corrected chi connectivity index (χ1v) is 6.43. The second kappa shape index (κ2) is 5.59. The normalized spacial score (nSPS) is 19.2. The average molecular weight is 269 g/mol. The molecule has 1 aliphatic heterocycles. The molecule has 1 heterocycles. The smallest absolute Gasteiger partial charge is 0.227 e. The first-order valence-electron chi connectivity index (χ1n) is 6.05. The van der Waals surface area contributed by atoms with E-state index in [0.29, 0.717) is 18.9 Å². The lowest BCUT2D eigenvalue weighted by Gasteiger charge is -2.16. The fourth-order valence-corrected chi connectivity index (χ4v) is 2.40. The number of amides is 1. The van der Waals surface area contributed by atoms with Crippen LogP contribution < -0.4 is 5.73 Å². The second-order valence-corrected chi connectivity index (χ2v) is 5.10. The third-order valence-corrected chi connectivity index (χ3v) is 3.64. The minimum absolute atomic E-state index is 0.0391. The van der Waals surface area contributed by atoms with Gasteiger partial charge in [-0.25, -0.2) is 0 Å². The van der Waals surface area contributed by atoms with Crippen molar-refractivity contribution in [1.29, 1.82) is 0 Å². The van der Waals surface area contributed by atoms with Gasteiger partial charge >= 0.3 is 0 Å². The maximum Gasteiger partial charge on any atom is 0.227 e. The summed E-state index contributed by atoms with van der Waals surface area (Å²) in [6, 6.07) is 4.86. The number of carbonyl (C=O) groups is 1.